The summed E-state index contributed by atoms with van der Waals surface area (Å²) < 4.78 is 21.0. The van der Waals surface area contributed by atoms with Crippen molar-refractivity contribution in [1.82, 2.24) is 10.6 Å². The first-order chi connectivity index (χ1) is 12.6. The van der Waals surface area contributed by atoms with Crippen molar-refractivity contribution < 1.29 is 28.5 Å². The highest BCUT2D eigenvalue weighted by Gasteiger charge is 2.05. The fraction of sp³-hybridized carbons (Fsp3) is 0.556. The van der Waals surface area contributed by atoms with Gasteiger partial charge in [0, 0.05) is 32.7 Å². The molecule has 0 aliphatic carbocycles. The average molecular weight is 368 g/mol. The minimum atomic E-state index is -0.163. The van der Waals surface area contributed by atoms with Gasteiger partial charge in [-0.3, -0.25) is 9.59 Å². The molecule has 0 aliphatic heterocycles. The van der Waals surface area contributed by atoms with Gasteiger partial charge < -0.3 is 29.6 Å². The van der Waals surface area contributed by atoms with Gasteiger partial charge in [-0.1, -0.05) is 0 Å². The highest BCUT2D eigenvalue weighted by atomic mass is 16.5. The van der Waals surface area contributed by atoms with Gasteiger partial charge in [-0.05, 0) is 24.3 Å². The maximum Gasteiger partial charge on any atom is 0.251 e. The maximum atomic E-state index is 12.0. The summed E-state index contributed by atoms with van der Waals surface area (Å²) >= 11 is 0. The number of benzene rings is 1. The molecule has 2 amide bonds. The summed E-state index contributed by atoms with van der Waals surface area (Å²) in [4.78, 5) is 22.6. The Morgan fingerprint density at radius 1 is 0.846 bits per heavy atom. The van der Waals surface area contributed by atoms with Gasteiger partial charge in [0.15, 0.2) is 0 Å². The molecule has 0 saturated carbocycles. The summed E-state index contributed by atoms with van der Waals surface area (Å²) in [7, 11) is 1.61. The van der Waals surface area contributed by atoms with Gasteiger partial charge in [-0.15, -0.1) is 0 Å². The molecule has 0 fully saturated rings. The number of amides is 2. The average Bonchev–Trinajstić information content (AvgIpc) is 2.63. The third-order valence-corrected chi connectivity index (χ3v) is 3.20. The van der Waals surface area contributed by atoms with Crippen molar-refractivity contribution in [3.63, 3.8) is 0 Å². The molecule has 1 rings (SSSR count). The van der Waals surface area contributed by atoms with E-state index in [-0.39, 0.29) is 11.8 Å². The first-order valence-electron chi connectivity index (χ1n) is 8.53. The van der Waals surface area contributed by atoms with E-state index in [1.54, 1.807) is 31.4 Å². The molecule has 8 heteroatoms. The highest BCUT2D eigenvalue weighted by Crippen LogP contribution is 2.11. The standard InChI is InChI=1S/C18H28N2O6/c1-15(21)19-7-9-24-12-13-25-10-8-20-18(22)16-3-5-17(6-4-16)26-14-11-23-2/h3-6H,7-14H2,1-2H3,(H,19,21)(H,20,22). The molecule has 0 unspecified atom stereocenters. The van der Waals surface area contributed by atoms with Crippen LogP contribution in [-0.2, 0) is 19.0 Å². The topological polar surface area (TPSA) is 95.1 Å². The lowest BCUT2D eigenvalue weighted by molar-refractivity contribution is -0.119. The van der Waals surface area contributed by atoms with E-state index in [1.165, 1.54) is 6.92 Å². The van der Waals surface area contributed by atoms with Gasteiger partial charge >= 0.3 is 0 Å². The van der Waals surface area contributed by atoms with Crippen LogP contribution in [0.15, 0.2) is 24.3 Å². The van der Waals surface area contributed by atoms with E-state index in [0.717, 1.165) is 0 Å². The van der Waals surface area contributed by atoms with Crippen LogP contribution in [0.4, 0.5) is 0 Å². The Hall–Kier alpha value is -2.16. The van der Waals surface area contributed by atoms with Crippen LogP contribution in [0.5, 0.6) is 5.75 Å². The predicted molar refractivity (Wildman–Crippen MR) is 96.5 cm³/mol. The zero-order valence-electron chi connectivity index (χ0n) is 15.4. The lowest BCUT2D eigenvalue weighted by Gasteiger charge is -2.08. The summed E-state index contributed by atoms with van der Waals surface area (Å²) in [5.74, 6) is 0.456. The Kier molecular flexibility index (Phi) is 11.8. The number of methoxy groups -OCH3 is 1. The van der Waals surface area contributed by atoms with Crippen molar-refractivity contribution in [3.05, 3.63) is 29.8 Å². The van der Waals surface area contributed by atoms with Gasteiger partial charge in [-0.2, -0.15) is 0 Å². The van der Waals surface area contributed by atoms with Crippen LogP contribution in [0.3, 0.4) is 0 Å². The molecule has 2 N–H and O–H groups in total. The minimum absolute atomic E-state index is 0.0751. The molecule has 146 valence electrons. The first kappa shape index (κ1) is 21.9. The molecule has 0 bridgehead atoms. The molecule has 26 heavy (non-hydrogen) atoms. The van der Waals surface area contributed by atoms with Crippen molar-refractivity contribution in [2.75, 3.05) is 59.8 Å². The van der Waals surface area contributed by atoms with Gasteiger partial charge in [0.1, 0.15) is 12.4 Å². The monoisotopic (exact) mass is 368 g/mol. The van der Waals surface area contributed by atoms with E-state index < -0.39 is 0 Å². The second-order valence-corrected chi connectivity index (χ2v) is 5.33. The lowest BCUT2D eigenvalue weighted by Crippen LogP contribution is -2.28. The van der Waals surface area contributed by atoms with E-state index >= 15 is 0 Å². The molecule has 0 aromatic heterocycles. The van der Waals surface area contributed by atoms with Crippen molar-refractivity contribution in [2.24, 2.45) is 0 Å². The molecule has 0 radical (unpaired) electrons. The number of carbonyl (C=O) groups excluding carboxylic acids is 2. The number of hydrogen-bond acceptors (Lipinski definition) is 6. The molecule has 0 saturated heterocycles. The normalized spacial score (nSPS) is 10.4. The molecule has 0 heterocycles. The number of nitrogens with one attached hydrogen (secondary N) is 2. The SMILES string of the molecule is COCCOc1ccc(C(=O)NCCOCCOCCNC(C)=O)cc1. The minimum Gasteiger partial charge on any atom is -0.491 e. The van der Waals surface area contributed by atoms with Crippen LogP contribution in [-0.4, -0.2) is 71.7 Å². The van der Waals surface area contributed by atoms with Crippen LogP contribution in [0.25, 0.3) is 0 Å². The predicted octanol–water partition coefficient (Wildman–Crippen LogP) is 0.611. The number of rotatable bonds is 14. The van der Waals surface area contributed by atoms with Gasteiger partial charge in [0.05, 0.1) is 33.0 Å². The van der Waals surface area contributed by atoms with Crippen LogP contribution in [0.1, 0.15) is 17.3 Å². The second kappa shape index (κ2) is 14.1. The summed E-state index contributed by atoms with van der Waals surface area (Å²) in [5.41, 5.74) is 0.561. The molecule has 1 aromatic carbocycles. The molecule has 8 nitrogen and oxygen atoms in total. The van der Waals surface area contributed by atoms with Crippen LogP contribution in [0.2, 0.25) is 0 Å². The van der Waals surface area contributed by atoms with E-state index in [9.17, 15) is 9.59 Å². The fourth-order valence-corrected chi connectivity index (χ4v) is 1.91. The summed E-state index contributed by atoms with van der Waals surface area (Å²) in [5, 5.41) is 5.42. The van der Waals surface area contributed by atoms with Crippen molar-refractivity contribution in [3.8, 4) is 5.75 Å². The molecule has 0 spiro atoms. The molecule has 0 atom stereocenters. The lowest BCUT2D eigenvalue weighted by atomic mass is 10.2. The zero-order chi connectivity index (χ0) is 19.0. The number of hydrogen-bond donors (Lipinski definition) is 2. The molecular formula is C18H28N2O6. The Morgan fingerprint density at radius 3 is 2.04 bits per heavy atom. The van der Waals surface area contributed by atoms with Gasteiger partial charge in [0.25, 0.3) is 5.91 Å². The van der Waals surface area contributed by atoms with Gasteiger partial charge in [-0.25, -0.2) is 0 Å². The van der Waals surface area contributed by atoms with E-state index in [2.05, 4.69) is 10.6 Å². The van der Waals surface area contributed by atoms with Crippen molar-refractivity contribution in [2.45, 2.75) is 6.92 Å². The Morgan fingerprint density at radius 2 is 1.46 bits per heavy atom. The molecule has 1 aromatic rings. The highest BCUT2D eigenvalue weighted by molar-refractivity contribution is 5.94. The quantitative estimate of drug-likeness (QED) is 0.467. The first-order valence-corrected chi connectivity index (χ1v) is 8.53. The van der Waals surface area contributed by atoms with Crippen molar-refractivity contribution >= 4 is 11.8 Å². The third-order valence-electron chi connectivity index (χ3n) is 3.20. The van der Waals surface area contributed by atoms with Gasteiger partial charge in [0.2, 0.25) is 5.91 Å². The summed E-state index contributed by atoms with van der Waals surface area (Å²) in [6.07, 6.45) is 0. The van der Waals surface area contributed by atoms with Crippen LogP contribution < -0.4 is 15.4 Å². The molecular weight excluding hydrogens is 340 g/mol. The second-order valence-electron chi connectivity index (χ2n) is 5.33. The van der Waals surface area contributed by atoms with Crippen molar-refractivity contribution in [1.29, 1.82) is 0 Å². The Balaban J connectivity index is 2.05. The third kappa shape index (κ3) is 10.7. The van der Waals surface area contributed by atoms with Crippen LogP contribution >= 0.6 is 0 Å². The maximum absolute atomic E-state index is 12.0. The van der Waals surface area contributed by atoms with E-state index in [1.807, 2.05) is 0 Å². The zero-order valence-corrected chi connectivity index (χ0v) is 15.4. The summed E-state index contributed by atoms with van der Waals surface area (Å²) in [6, 6.07) is 6.92. The fourth-order valence-electron chi connectivity index (χ4n) is 1.91. The van der Waals surface area contributed by atoms with E-state index in [4.69, 9.17) is 18.9 Å². The summed E-state index contributed by atoms with van der Waals surface area (Å²) in [6.45, 7) is 5.07. The largest absolute Gasteiger partial charge is 0.491 e. The number of ether oxygens (including phenoxy) is 4. The van der Waals surface area contributed by atoms with E-state index in [0.29, 0.717) is 64.0 Å². The smallest absolute Gasteiger partial charge is 0.251 e. The Bertz CT molecular complexity index is 521. The number of carbonyl (C=O) groups is 2. The molecule has 0 aliphatic rings. The Labute approximate surface area is 154 Å². The van der Waals surface area contributed by atoms with Crippen LogP contribution in [0, 0.1) is 0 Å².